The fourth-order valence-corrected chi connectivity index (χ4v) is 3.12. The lowest BCUT2D eigenvalue weighted by atomic mass is 9.99. The van der Waals surface area contributed by atoms with Crippen molar-refractivity contribution in [2.45, 2.75) is 39.2 Å². The topological polar surface area (TPSA) is 56.2 Å². The molecule has 1 amide bonds. The molecule has 1 aromatic heterocycles. The number of aryl methyl sites for hydroxylation is 3. The first-order chi connectivity index (χ1) is 11.5. The Morgan fingerprint density at radius 3 is 2.83 bits per heavy atom. The van der Waals surface area contributed by atoms with E-state index in [1.807, 2.05) is 14.0 Å². The zero-order valence-electron chi connectivity index (χ0n) is 14.8. The predicted molar refractivity (Wildman–Crippen MR) is 93.2 cm³/mol. The first-order valence-electron chi connectivity index (χ1n) is 8.45. The Kier molecular flexibility index (Phi) is 4.71. The molecule has 2 atom stereocenters. The third kappa shape index (κ3) is 3.36. The normalized spacial score (nSPS) is 18.6. The summed E-state index contributed by atoms with van der Waals surface area (Å²) >= 11 is 0. The van der Waals surface area contributed by atoms with E-state index in [-0.39, 0.29) is 17.9 Å². The van der Waals surface area contributed by atoms with Crippen molar-refractivity contribution in [2.24, 2.45) is 7.05 Å². The van der Waals surface area contributed by atoms with Gasteiger partial charge in [0.25, 0.3) is 5.91 Å². The molecule has 5 nitrogen and oxygen atoms in total. The number of ether oxygens (including phenoxy) is 1. The second kappa shape index (κ2) is 6.77. The molecule has 0 spiro atoms. The molecule has 0 saturated carbocycles. The highest BCUT2D eigenvalue weighted by Gasteiger charge is 2.27. The standard InChI is InChI=1S/C19H25N3O2/c1-12-5-6-15(9-13(12)2)14(3)20-19(23)17-10-22(4)21-18(17)16-7-8-24-11-16/h5-6,9-10,14,16H,7-8,11H2,1-4H3,(H,20,23)/t14-,16+/m1/s1. The van der Waals surface area contributed by atoms with Crippen LogP contribution in [0, 0.1) is 13.8 Å². The number of carbonyl (C=O) groups is 1. The van der Waals surface area contributed by atoms with Crippen molar-refractivity contribution in [1.82, 2.24) is 15.1 Å². The van der Waals surface area contributed by atoms with Crippen LogP contribution < -0.4 is 5.32 Å². The molecule has 1 aliphatic heterocycles. The fourth-order valence-electron chi connectivity index (χ4n) is 3.12. The first kappa shape index (κ1) is 16.7. The van der Waals surface area contributed by atoms with Crippen LogP contribution in [0.15, 0.2) is 24.4 Å². The van der Waals surface area contributed by atoms with Gasteiger partial charge in [-0.25, -0.2) is 0 Å². The lowest BCUT2D eigenvalue weighted by Gasteiger charge is -2.16. The van der Waals surface area contributed by atoms with Gasteiger partial charge in [-0.2, -0.15) is 5.10 Å². The van der Waals surface area contributed by atoms with Crippen molar-refractivity contribution in [3.63, 3.8) is 0 Å². The van der Waals surface area contributed by atoms with Crippen molar-refractivity contribution >= 4 is 5.91 Å². The Morgan fingerprint density at radius 2 is 2.17 bits per heavy atom. The largest absolute Gasteiger partial charge is 0.381 e. The van der Waals surface area contributed by atoms with Gasteiger partial charge in [-0.1, -0.05) is 18.2 Å². The molecule has 1 aromatic carbocycles. The van der Waals surface area contributed by atoms with E-state index in [2.05, 4.69) is 42.5 Å². The van der Waals surface area contributed by atoms with Gasteiger partial charge >= 0.3 is 0 Å². The van der Waals surface area contributed by atoms with E-state index in [1.165, 1.54) is 11.1 Å². The second-order valence-corrected chi connectivity index (χ2v) is 6.70. The molecule has 1 aliphatic rings. The Hall–Kier alpha value is -2.14. The minimum Gasteiger partial charge on any atom is -0.381 e. The molecule has 3 rings (SSSR count). The highest BCUT2D eigenvalue weighted by Crippen LogP contribution is 2.27. The SMILES string of the molecule is Cc1ccc([C@@H](C)NC(=O)c2cn(C)nc2[C@H]2CCOC2)cc1C. The van der Waals surface area contributed by atoms with E-state index >= 15 is 0 Å². The summed E-state index contributed by atoms with van der Waals surface area (Å²) in [5.74, 6) is 0.139. The molecule has 1 N–H and O–H groups in total. The van der Waals surface area contributed by atoms with E-state index in [1.54, 1.807) is 10.9 Å². The minimum atomic E-state index is -0.0734. The predicted octanol–water partition coefficient (Wildman–Crippen LogP) is 3.03. The molecule has 0 aliphatic carbocycles. The molecule has 0 unspecified atom stereocenters. The number of rotatable bonds is 4. The van der Waals surface area contributed by atoms with Crippen LogP contribution in [0.25, 0.3) is 0 Å². The van der Waals surface area contributed by atoms with Gasteiger partial charge in [0.2, 0.25) is 0 Å². The van der Waals surface area contributed by atoms with Crippen LogP contribution in [0.4, 0.5) is 0 Å². The molecule has 128 valence electrons. The van der Waals surface area contributed by atoms with Crippen molar-refractivity contribution in [3.8, 4) is 0 Å². The van der Waals surface area contributed by atoms with Gasteiger partial charge in [-0.15, -0.1) is 0 Å². The maximum absolute atomic E-state index is 12.8. The van der Waals surface area contributed by atoms with Gasteiger partial charge in [0.05, 0.1) is 23.9 Å². The van der Waals surface area contributed by atoms with Crippen LogP contribution in [-0.4, -0.2) is 28.9 Å². The summed E-state index contributed by atoms with van der Waals surface area (Å²) in [7, 11) is 1.85. The van der Waals surface area contributed by atoms with Gasteiger partial charge in [0.1, 0.15) is 0 Å². The average Bonchev–Trinajstić information content (AvgIpc) is 3.18. The van der Waals surface area contributed by atoms with Gasteiger partial charge in [-0.05, 0) is 43.9 Å². The summed E-state index contributed by atoms with van der Waals surface area (Å²) in [4.78, 5) is 12.8. The van der Waals surface area contributed by atoms with Gasteiger partial charge in [0, 0.05) is 25.8 Å². The Labute approximate surface area is 143 Å². The summed E-state index contributed by atoms with van der Waals surface area (Å²) in [5, 5.41) is 7.60. The molecular weight excluding hydrogens is 302 g/mol. The molecule has 0 radical (unpaired) electrons. The van der Waals surface area contributed by atoms with Crippen LogP contribution in [0.2, 0.25) is 0 Å². The van der Waals surface area contributed by atoms with Gasteiger partial charge in [-0.3, -0.25) is 9.48 Å². The van der Waals surface area contributed by atoms with Crippen LogP contribution in [0.1, 0.15) is 58.0 Å². The summed E-state index contributed by atoms with van der Waals surface area (Å²) < 4.78 is 7.16. The third-order valence-corrected chi connectivity index (χ3v) is 4.80. The quantitative estimate of drug-likeness (QED) is 0.939. The first-order valence-corrected chi connectivity index (χ1v) is 8.45. The van der Waals surface area contributed by atoms with E-state index in [9.17, 15) is 4.79 Å². The highest BCUT2D eigenvalue weighted by molar-refractivity contribution is 5.95. The number of nitrogens with one attached hydrogen (secondary N) is 1. The smallest absolute Gasteiger partial charge is 0.255 e. The number of benzene rings is 1. The van der Waals surface area contributed by atoms with E-state index in [0.29, 0.717) is 12.2 Å². The van der Waals surface area contributed by atoms with Crippen LogP contribution in [-0.2, 0) is 11.8 Å². The monoisotopic (exact) mass is 327 g/mol. The summed E-state index contributed by atoms with van der Waals surface area (Å²) in [6, 6.07) is 6.25. The number of carbonyl (C=O) groups excluding carboxylic acids is 1. The Balaban J connectivity index is 1.78. The van der Waals surface area contributed by atoms with E-state index < -0.39 is 0 Å². The molecule has 2 aromatic rings. The number of amides is 1. The number of aromatic nitrogens is 2. The Bertz CT molecular complexity index is 745. The molecule has 24 heavy (non-hydrogen) atoms. The molecule has 5 heteroatoms. The molecule has 2 heterocycles. The fraction of sp³-hybridized carbons (Fsp3) is 0.474. The molecule has 1 saturated heterocycles. The summed E-state index contributed by atoms with van der Waals surface area (Å²) in [6.45, 7) is 7.57. The van der Waals surface area contributed by atoms with Crippen molar-refractivity contribution in [2.75, 3.05) is 13.2 Å². The lowest BCUT2D eigenvalue weighted by molar-refractivity contribution is 0.0938. The van der Waals surface area contributed by atoms with Crippen molar-refractivity contribution in [3.05, 3.63) is 52.3 Å². The maximum Gasteiger partial charge on any atom is 0.255 e. The number of hydrogen-bond acceptors (Lipinski definition) is 3. The zero-order valence-corrected chi connectivity index (χ0v) is 14.8. The Morgan fingerprint density at radius 1 is 1.38 bits per heavy atom. The van der Waals surface area contributed by atoms with Crippen molar-refractivity contribution in [1.29, 1.82) is 0 Å². The summed E-state index contributed by atoms with van der Waals surface area (Å²) in [6.07, 6.45) is 2.72. The van der Waals surface area contributed by atoms with Crippen LogP contribution in [0.3, 0.4) is 0 Å². The second-order valence-electron chi connectivity index (χ2n) is 6.70. The highest BCUT2D eigenvalue weighted by atomic mass is 16.5. The minimum absolute atomic E-state index is 0.0512. The van der Waals surface area contributed by atoms with Crippen molar-refractivity contribution < 1.29 is 9.53 Å². The average molecular weight is 327 g/mol. The third-order valence-electron chi connectivity index (χ3n) is 4.80. The van der Waals surface area contributed by atoms with Crippen LogP contribution in [0.5, 0.6) is 0 Å². The van der Waals surface area contributed by atoms with Gasteiger partial charge in [0.15, 0.2) is 0 Å². The molecule has 0 bridgehead atoms. The molecule has 1 fully saturated rings. The zero-order chi connectivity index (χ0) is 17.3. The number of hydrogen-bond donors (Lipinski definition) is 1. The van der Waals surface area contributed by atoms with E-state index in [0.717, 1.165) is 24.3 Å². The lowest BCUT2D eigenvalue weighted by Crippen LogP contribution is -2.27. The van der Waals surface area contributed by atoms with Crippen LogP contribution >= 0.6 is 0 Å². The van der Waals surface area contributed by atoms with Gasteiger partial charge < -0.3 is 10.1 Å². The summed E-state index contributed by atoms with van der Waals surface area (Å²) in [5.41, 5.74) is 5.11. The number of nitrogens with zero attached hydrogens (tertiary/aromatic N) is 2. The molecular formula is C19H25N3O2. The maximum atomic E-state index is 12.8. The van der Waals surface area contributed by atoms with E-state index in [4.69, 9.17) is 4.74 Å².